The Balaban J connectivity index is 1.71. The second-order valence-electron chi connectivity index (χ2n) is 4.64. The molecule has 2 heterocycles. The Labute approximate surface area is 120 Å². The van der Waals surface area contributed by atoms with Crippen LogP contribution in [-0.2, 0) is 16.0 Å². The lowest BCUT2D eigenvalue weighted by Crippen LogP contribution is -2.40. The van der Waals surface area contributed by atoms with Crippen molar-refractivity contribution in [2.24, 2.45) is 0 Å². The molecule has 1 aliphatic heterocycles. The van der Waals surface area contributed by atoms with Gasteiger partial charge in [-0.25, -0.2) is 0 Å². The SMILES string of the molecule is C[C@@H](NC(=O)CCc1cc(Br)cs1)[C@H]1CCCO1. The Kier molecular flexibility index (Phi) is 5.21. The molecule has 0 radical (unpaired) electrons. The van der Waals surface area contributed by atoms with Crippen LogP contribution in [0, 0.1) is 0 Å². The fourth-order valence-corrected chi connectivity index (χ4v) is 3.59. The number of halogens is 1. The maximum atomic E-state index is 11.8. The topological polar surface area (TPSA) is 38.3 Å². The molecule has 18 heavy (non-hydrogen) atoms. The van der Waals surface area contributed by atoms with E-state index < -0.39 is 0 Å². The summed E-state index contributed by atoms with van der Waals surface area (Å²) < 4.78 is 6.66. The van der Waals surface area contributed by atoms with E-state index in [2.05, 4.69) is 27.3 Å². The summed E-state index contributed by atoms with van der Waals surface area (Å²) in [7, 11) is 0. The zero-order valence-electron chi connectivity index (χ0n) is 10.4. The second-order valence-corrected chi connectivity index (χ2v) is 6.55. The highest BCUT2D eigenvalue weighted by atomic mass is 79.9. The normalized spacial score (nSPS) is 20.9. The molecule has 3 nitrogen and oxygen atoms in total. The molecule has 0 saturated carbocycles. The van der Waals surface area contributed by atoms with Gasteiger partial charge in [0.1, 0.15) is 0 Å². The molecule has 1 amide bonds. The van der Waals surface area contributed by atoms with Crippen LogP contribution in [-0.4, -0.2) is 24.7 Å². The standard InChI is InChI=1S/C13H18BrNO2S/c1-9(12-3-2-6-17-12)15-13(16)5-4-11-7-10(14)8-18-11/h7-9,12H,2-6H2,1H3,(H,15,16)/t9-,12-/m1/s1. The van der Waals surface area contributed by atoms with Gasteiger partial charge in [0.05, 0.1) is 12.1 Å². The van der Waals surface area contributed by atoms with Gasteiger partial charge in [-0.05, 0) is 48.2 Å². The van der Waals surface area contributed by atoms with Crippen LogP contribution in [0.1, 0.15) is 31.1 Å². The number of nitrogens with one attached hydrogen (secondary N) is 1. The van der Waals surface area contributed by atoms with Crippen molar-refractivity contribution in [1.29, 1.82) is 0 Å². The second kappa shape index (κ2) is 6.68. The number of carbonyl (C=O) groups is 1. The molecule has 1 aromatic rings. The molecule has 1 saturated heterocycles. The highest BCUT2D eigenvalue weighted by Gasteiger charge is 2.23. The highest BCUT2D eigenvalue weighted by molar-refractivity contribution is 9.10. The summed E-state index contributed by atoms with van der Waals surface area (Å²) in [6.45, 7) is 2.85. The number of carbonyl (C=O) groups excluding carboxylic acids is 1. The van der Waals surface area contributed by atoms with Gasteiger partial charge < -0.3 is 10.1 Å². The van der Waals surface area contributed by atoms with E-state index in [1.807, 2.05) is 12.3 Å². The first-order valence-electron chi connectivity index (χ1n) is 6.29. The molecule has 0 unspecified atom stereocenters. The number of thiophene rings is 1. The van der Waals surface area contributed by atoms with Crippen molar-refractivity contribution in [3.05, 3.63) is 20.8 Å². The van der Waals surface area contributed by atoms with E-state index in [1.165, 1.54) is 4.88 Å². The van der Waals surface area contributed by atoms with E-state index in [0.29, 0.717) is 6.42 Å². The van der Waals surface area contributed by atoms with Crippen LogP contribution in [0.5, 0.6) is 0 Å². The monoisotopic (exact) mass is 331 g/mol. The zero-order valence-corrected chi connectivity index (χ0v) is 12.9. The maximum absolute atomic E-state index is 11.8. The van der Waals surface area contributed by atoms with Gasteiger partial charge >= 0.3 is 0 Å². The van der Waals surface area contributed by atoms with Crippen molar-refractivity contribution in [3.8, 4) is 0 Å². The third-order valence-electron chi connectivity index (χ3n) is 3.13. The van der Waals surface area contributed by atoms with Crippen molar-refractivity contribution in [3.63, 3.8) is 0 Å². The minimum Gasteiger partial charge on any atom is -0.376 e. The predicted molar refractivity (Wildman–Crippen MR) is 76.9 cm³/mol. The minimum absolute atomic E-state index is 0.113. The van der Waals surface area contributed by atoms with Crippen LogP contribution in [0.25, 0.3) is 0 Å². The molecule has 1 aromatic heterocycles. The van der Waals surface area contributed by atoms with Gasteiger partial charge in [0.25, 0.3) is 0 Å². The third kappa shape index (κ3) is 4.07. The van der Waals surface area contributed by atoms with Crippen molar-refractivity contribution >= 4 is 33.2 Å². The van der Waals surface area contributed by atoms with Gasteiger partial charge in [0.15, 0.2) is 0 Å². The lowest BCUT2D eigenvalue weighted by molar-refractivity contribution is -0.122. The average Bonchev–Trinajstić information content (AvgIpc) is 2.97. The number of aryl methyl sites for hydroxylation is 1. The molecule has 1 N–H and O–H groups in total. The lowest BCUT2D eigenvalue weighted by atomic mass is 10.1. The van der Waals surface area contributed by atoms with E-state index in [4.69, 9.17) is 4.74 Å². The van der Waals surface area contributed by atoms with Gasteiger partial charge in [0.2, 0.25) is 5.91 Å². The number of rotatable bonds is 5. The molecular weight excluding hydrogens is 314 g/mol. The van der Waals surface area contributed by atoms with Crippen LogP contribution in [0.2, 0.25) is 0 Å². The van der Waals surface area contributed by atoms with Crippen molar-refractivity contribution in [1.82, 2.24) is 5.32 Å². The molecule has 0 aliphatic carbocycles. The van der Waals surface area contributed by atoms with Crippen molar-refractivity contribution in [2.75, 3.05) is 6.61 Å². The Morgan fingerprint density at radius 1 is 1.72 bits per heavy atom. The molecule has 100 valence electrons. The van der Waals surface area contributed by atoms with E-state index in [-0.39, 0.29) is 18.1 Å². The van der Waals surface area contributed by atoms with Gasteiger partial charge in [0, 0.05) is 27.8 Å². The summed E-state index contributed by atoms with van der Waals surface area (Å²) in [6, 6.07) is 2.19. The average molecular weight is 332 g/mol. The summed E-state index contributed by atoms with van der Waals surface area (Å²) in [4.78, 5) is 13.1. The van der Waals surface area contributed by atoms with Gasteiger partial charge in [-0.15, -0.1) is 11.3 Å². The Morgan fingerprint density at radius 2 is 2.56 bits per heavy atom. The minimum atomic E-state index is 0.113. The van der Waals surface area contributed by atoms with E-state index >= 15 is 0 Å². The number of ether oxygens (including phenoxy) is 1. The van der Waals surface area contributed by atoms with Crippen molar-refractivity contribution in [2.45, 2.75) is 44.8 Å². The van der Waals surface area contributed by atoms with Crippen LogP contribution in [0.4, 0.5) is 0 Å². The summed E-state index contributed by atoms with van der Waals surface area (Å²) in [5.41, 5.74) is 0. The quantitative estimate of drug-likeness (QED) is 0.900. The van der Waals surface area contributed by atoms with E-state index in [1.54, 1.807) is 11.3 Å². The number of hydrogen-bond donors (Lipinski definition) is 1. The molecule has 0 aromatic carbocycles. The lowest BCUT2D eigenvalue weighted by Gasteiger charge is -2.19. The zero-order chi connectivity index (χ0) is 13.0. The first-order chi connectivity index (χ1) is 8.65. The Bertz CT molecular complexity index is 401. The molecule has 1 fully saturated rings. The van der Waals surface area contributed by atoms with E-state index in [9.17, 15) is 4.79 Å². The Hall–Kier alpha value is -0.390. The number of amides is 1. The molecule has 2 rings (SSSR count). The van der Waals surface area contributed by atoms with Crippen LogP contribution in [0.3, 0.4) is 0 Å². The van der Waals surface area contributed by atoms with Crippen LogP contribution >= 0.6 is 27.3 Å². The summed E-state index contributed by atoms with van der Waals surface area (Å²) >= 11 is 5.10. The third-order valence-corrected chi connectivity index (χ3v) is 4.89. The first-order valence-corrected chi connectivity index (χ1v) is 7.96. The summed E-state index contributed by atoms with van der Waals surface area (Å²) in [5, 5.41) is 5.07. The highest BCUT2D eigenvalue weighted by Crippen LogP contribution is 2.21. The molecule has 5 heteroatoms. The smallest absolute Gasteiger partial charge is 0.220 e. The molecular formula is C13H18BrNO2S. The van der Waals surface area contributed by atoms with E-state index in [0.717, 1.165) is 30.3 Å². The Morgan fingerprint density at radius 3 is 3.17 bits per heavy atom. The fraction of sp³-hybridized carbons (Fsp3) is 0.615. The molecule has 0 spiro atoms. The van der Waals surface area contributed by atoms with Gasteiger partial charge in [-0.2, -0.15) is 0 Å². The largest absolute Gasteiger partial charge is 0.376 e. The molecule has 2 atom stereocenters. The van der Waals surface area contributed by atoms with Crippen LogP contribution < -0.4 is 5.32 Å². The van der Waals surface area contributed by atoms with Crippen molar-refractivity contribution < 1.29 is 9.53 Å². The molecule has 0 bridgehead atoms. The summed E-state index contributed by atoms with van der Waals surface area (Å²) in [5.74, 6) is 0.113. The summed E-state index contributed by atoms with van der Waals surface area (Å²) in [6.07, 6.45) is 3.71. The first kappa shape index (κ1) is 14.0. The number of hydrogen-bond acceptors (Lipinski definition) is 3. The van der Waals surface area contributed by atoms with Gasteiger partial charge in [-0.3, -0.25) is 4.79 Å². The predicted octanol–water partition coefficient (Wildman–Crippen LogP) is 3.13. The molecule has 1 aliphatic rings. The van der Waals surface area contributed by atoms with Gasteiger partial charge in [-0.1, -0.05) is 0 Å². The fourth-order valence-electron chi connectivity index (χ4n) is 2.14. The van der Waals surface area contributed by atoms with Crippen LogP contribution in [0.15, 0.2) is 15.9 Å². The maximum Gasteiger partial charge on any atom is 0.220 e.